The summed E-state index contributed by atoms with van der Waals surface area (Å²) in [7, 11) is 1.72. The Morgan fingerprint density at radius 2 is 2.20 bits per heavy atom. The molecule has 1 rings (SSSR count). The topological polar surface area (TPSA) is 82.2 Å². The zero-order chi connectivity index (χ0) is 11.6. The third-order valence-electron chi connectivity index (χ3n) is 1.48. The van der Waals surface area contributed by atoms with Crippen molar-refractivity contribution in [3.8, 4) is 0 Å². The number of nitrogen functional groups attached to an aromatic ring is 1. The molecule has 0 aromatic carbocycles. The van der Waals surface area contributed by atoms with E-state index in [0.29, 0.717) is 11.5 Å². The van der Waals surface area contributed by atoms with Crippen LogP contribution >= 0.6 is 0 Å². The van der Waals surface area contributed by atoms with Gasteiger partial charge in [0.15, 0.2) is 5.82 Å². The van der Waals surface area contributed by atoms with E-state index in [0.717, 1.165) is 0 Å². The molecule has 6 heteroatoms. The maximum atomic E-state index is 11.4. The number of carbonyl (C=O) groups is 1. The predicted octanol–water partition coefficient (Wildman–Crippen LogP) is 1.35. The molecule has 0 radical (unpaired) electrons. The third kappa shape index (κ3) is 3.49. The van der Waals surface area contributed by atoms with Crippen LogP contribution < -0.4 is 11.1 Å². The predicted molar refractivity (Wildman–Crippen MR) is 57.5 cm³/mol. The number of nitrogens with two attached hydrogens (primary N) is 1. The molecule has 1 aromatic rings. The van der Waals surface area contributed by atoms with Gasteiger partial charge in [-0.15, -0.1) is 0 Å². The second-order valence-corrected chi connectivity index (χ2v) is 4.23. The molecule has 84 valence electrons. The Bertz CT molecular complexity index is 365. The van der Waals surface area contributed by atoms with Crippen LogP contribution in [0.2, 0.25) is 0 Å². The van der Waals surface area contributed by atoms with E-state index in [4.69, 9.17) is 10.5 Å². The Balaban J connectivity index is 2.63. The zero-order valence-corrected chi connectivity index (χ0v) is 9.37. The van der Waals surface area contributed by atoms with Crippen molar-refractivity contribution in [3.63, 3.8) is 0 Å². The van der Waals surface area contributed by atoms with Crippen molar-refractivity contribution in [1.29, 1.82) is 0 Å². The molecule has 0 aliphatic carbocycles. The van der Waals surface area contributed by atoms with Crippen LogP contribution in [0.5, 0.6) is 0 Å². The molecular weight excluding hydrogens is 196 g/mol. The number of hydrogen-bond donors (Lipinski definition) is 2. The Morgan fingerprint density at radius 1 is 1.60 bits per heavy atom. The van der Waals surface area contributed by atoms with Gasteiger partial charge in [0.05, 0.1) is 5.69 Å². The number of aryl methyl sites for hydroxylation is 1. The number of anilines is 2. The van der Waals surface area contributed by atoms with Crippen LogP contribution in [0.1, 0.15) is 20.8 Å². The summed E-state index contributed by atoms with van der Waals surface area (Å²) < 4.78 is 6.57. The van der Waals surface area contributed by atoms with Crippen LogP contribution in [-0.4, -0.2) is 21.5 Å². The molecule has 0 aliphatic rings. The Hall–Kier alpha value is -1.72. The van der Waals surface area contributed by atoms with Gasteiger partial charge in [0.25, 0.3) is 0 Å². The van der Waals surface area contributed by atoms with Crippen molar-refractivity contribution in [3.05, 3.63) is 6.20 Å². The minimum absolute atomic E-state index is 0.312. The van der Waals surface area contributed by atoms with Crippen LogP contribution in [0, 0.1) is 0 Å². The summed E-state index contributed by atoms with van der Waals surface area (Å²) in [5.74, 6) is 0.312. The molecule has 1 heterocycles. The maximum absolute atomic E-state index is 11.4. The lowest BCUT2D eigenvalue weighted by atomic mass is 10.2. The van der Waals surface area contributed by atoms with Crippen LogP contribution in [0.4, 0.5) is 16.3 Å². The highest BCUT2D eigenvalue weighted by Crippen LogP contribution is 2.16. The number of nitrogens with zero attached hydrogens (tertiary/aromatic N) is 2. The van der Waals surface area contributed by atoms with Gasteiger partial charge >= 0.3 is 6.09 Å². The number of amides is 1. The lowest BCUT2D eigenvalue weighted by molar-refractivity contribution is 0.0635. The first-order valence-corrected chi connectivity index (χ1v) is 4.57. The minimum atomic E-state index is -0.562. The average Bonchev–Trinajstić information content (AvgIpc) is 2.25. The van der Waals surface area contributed by atoms with Crippen molar-refractivity contribution >= 4 is 17.6 Å². The normalized spacial score (nSPS) is 11.2. The number of nitrogens with one attached hydrogen (secondary N) is 1. The van der Waals surface area contributed by atoms with E-state index in [1.165, 1.54) is 4.68 Å². The van der Waals surface area contributed by atoms with E-state index < -0.39 is 11.7 Å². The monoisotopic (exact) mass is 212 g/mol. The lowest BCUT2D eigenvalue weighted by Gasteiger charge is -2.19. The van der Waals surface area contributed by atoms with Crippen molar-refractivity contribution in [2.45, 2.75) is 26.4 Å². The van der Waals surface area contributed by atoms with Gasteiger partial charge in [-0.05, 0) is 20.8 Å². The first-order chi connectivity index (χ1) is 6.78. The summed E-state index contributed by atoms with van der Waals surface area (Å²) in [5, 5.41) is 6.43. The highest BCUT2D eigenvalue weighted by atomic mass is 16.6. The van der Waals surface area contributed by atoms with Crippen molar-refractivity contribution in [2.75, 3.05) is 11.1 Å². The second kappa shape index (κ2) is 3.80. The van der Waals surface area contributed by atoms with Gasteiger partial charge in [0, 0.05) is 13.2 Å². The highest BCUT2D eigenvalue weighted by molar-refractivity contribution is 5.87. The van der Waals surface area contributed by atoms with E-state index >= 15 is 0 Å². The van der Waals surface area contributed by atoms with Gasteiger partial charge in [-0.3, -0.25) is 10.00 Å². The van der Waals surface area contributed by atoms with Crippen LogP contribution in [-0.2, 0) is 11.8 Å². The molecule has 0 saturated carbocycles. The van der Waals surface area contributed by atoms with Gasteiger partial charge in [-0.25, -0.2) is 4.79 Å². The Kier molecular flexibility index (Phi) is 2.88. The minimum Gasteiger partial charge on any atom is -0.444 e. The van der Waals surface area contributed by atoms with E-state index in [1.54, 1.807) is 34.0 Å². The van der Waals surface area contributed by atoms with Crippen molar-refractivity contribution < 1.29 is 9.53 Å². The maximum Gasteiger partial charge on any atom is 0.413 e. The third-order valence-corrected chi connectivity index (χ3v) is 1.48. The fourth-order valence-electron chi connectivity index (χ4n) is 1.00. The summed E-state index contributed by atoms with van der Waals surface area (Å²) in [4.78, 5) is 11.4. The van der Waals surface area contributed by atoms with E-state index in [9.17, 15) is 4.79 Å². The smallest absolute Gasteiger partial charge is 0.413 e. The van der Waals surface area contributed by atoms with Crippen LogP contribution in [0.25, 0.3) is 0 Å². The second-order valence-electron chi connectivity index (χ2n) is 4.23. The summed E-state index contributed by atoms with van der Waals surface area (Å²) in [6.45, 7) is 5.36. The number of hydrogen-bond acceptors (Lipinski definition) is 4. The molecule has 1 amide bonds. The number of ether oxygens (including phenoxy) is 1. The van der Waals surface area contributed by atoms with Crippen molar-refractivity contribution in [2.24, 2.45) is 7.05 Å². The van der Waals surface area contributed by atoms with E-state index in [2.05, 4.69) is 10.4 Å². The molecule has 0 saturated heterocycles. The fraction of sp³-hybridized carbons (Fsp3) is 0.556. The molecule has 0 fully saturated rings. The average molecular weight is 212 g/mol. The SMILES string of the molecule is Cn1cc(N)c(NC(=O)OC(C)(C)C)n1. The fourth-order valence-corrected chi connectivity index (χ4v) is 1.00. The molecule has 0 unspecified atom stereocenters. The summed E-state index contributed by atoms with van der Waals surface area (Å²) in [6.07, 6.45) is 1.04. The first-order valence-electron chi connectivity index (χ1n) is 4.57. The van der Waals surface area contributed by atoms with E-state index in [-0.39, 0.29) is 0 Å². The van der Waals surface area contributed by atoms with Crippen molar-refractivity contribution in [1.82, 2.24) is 9.78 Å². The number of aromatic nitrogens is 2. The number of carbonyl (C=O) groups excluding carboxylic acids is 1. The summed E-state index contributed by atoms with van der Waals surface area (Å²) >= 11 is 0. The Morgan fingerprint density at radius 3 is 2.60 bits per heavy atom. The van der Waals surface area contributed by atoms with Crippen LogP contribution in [0.3, 0.4) is 0 Å². The molecule has 6 nitrogen and oxygen atoms in total. The molecule has 1 aromatic heterocycles. The van der Waals surface area contributed by atoms with Gasteiger partial charge in [-0.1, -0.05) is 0 Å². The number of rotatable bonds is 1. The molecule has 3 N–H and O–H groups in total. The molecule has 0 atom stereocenters. The van der Waals surface area contributed by atoms with Gasteiger partial charge in [0.1, 0.15) is 5.60 Å². The van der Waals surface area contributed by atoms with Gasteiger partial charge < -0.3 is 10.5 Å². The molecule has 0 spiro atoms. The Labute approximate surface area is 88.4 Å². The lowest BCUT2D eigenvalue weighted by Crippen LogP contribution is -2.27. The molecule has 15 heavy (non-hydrogen) atoms. The highest BCUT2D eigenvalue weighted by Gasteiger charge is 2.17. The standard InChI is InChI=1S/C9H16N4O2/c1-9(2,3)15-8(14)11-7-6(10)5-13(4)12-7/h5H,10H2,1-4H3,(H,11,12,14). The summed E-state index contributed by atoms with van der Waals surface area (Å²) in [5.41, 5.74) is 5.47. The quantitative estimate of drug-likeness (QED) is 0.736. The molecule has 0 aliphatic heterocycles. The molecule has 0 bridgehead atoms. The summed E-state index contributed by atoms with van der Waals surface area (Å²) in [6, 6.07) is 0. The van der Waals surface area contributed by atoms with E-state index in [1.807, 2.05) is 0 Å². The van der Waals surface area contributed by atoms with Gasteiger partial charge in [-0.2, -0.15) is 5.10 Å². The zero-order valence-electron chi connectivity index (χ0n) is 9.37. The van der Waals surface area contributed by atoms with Crippen LogP contribution in [0.15, 0.2) is 6.20 Å². The molecular formula is C9H16N4O2. The largest absolute Gasteiger partial charge is 0.444 e. The first kappa shape index (κ1) is 11.4. The van der Waals surface area contributed by atoms with Gasteiger partial charge in [0.2, 0.25) is 0 Å².